The van der Waals surface area contributed by atoms with Gasteiger partial charge in [0.15, 0.2) is 0 Å². The fourth-order valence-corrected chi connectivity index (χ4v) is 2.88. The van der Waals surface area contributed by atoms with Crippen LogP contribution in [0.25, 0.3) is 10.9 Å². The summed E-state index contributed by atoms with van der Waals surface area (Å²) in [5.74, 6) is 0.790. The van der Waals surface area contributed by atoms with Gasteiger partial charge in [-0.15, -0.1) is 0 Å². The standard InChI is InChI=1S/C17H22N2O/c1-2-6-17-16(5-1)15(7-10-19-17)13-20-11-8-14-4-3-9-18-12-14/h1-2,5-7,10,14,18H,3-4,8-9,11-13H2. The second-order valence-electron chi connectivity index (χ2n) is 5.54. The lowest BCUT2D eigenvalue weighted by Gasteiger charge is -2.22. The zero-order valence-corrected chi connectivity index (χ0v) is 11.8. The van der Waals surface area contributed by atoms with E-state index < -0.39 is 0 Å². The van der Waals surface area contributed by atoms with E-state index in [9.17, 15) is 0 Å². The van der Waals surface area contributed by atoms with Crippen molar-refractivity contribution in [3.05, 3.63) is 42.1 Å². The topological polar surface area (TPSA) is 34.1 Å². The molecule has 106 valence electrons. The average molecular weight is 270 g/mol. The van der Waals surface area contributed by atoms with Crippen LogP contribution in [0.3, 0.4) is 0 Å². The second kappa shape index (κ2) is 6.82. The van der Waals surface area contributed by atoms with E-state index >= 15 is 0 Å². The second-order valence-corrected chi connectivity index (χ2v) is 5.54. The Bertz CT molecular complexity index is 544. The van der Waals surface area contributed by atoms with Crippen LogP contribution < -0.4 is 5.32 Å². The maximum absolute atomic E-state index is 5.87. The van der Waals surface area contributed by atoms with Crippen LogP contribution in [0.4, 0.5) is 0 Å². The number of para-hydroxylation sites is 1. The fourth-order valence-electron chi connectivity index (χ4n) is 2.88. The first-order chi connectivity index (χ1) is 9.93. The van der Waals surface area contributed by atoms with Crippen LogP contribution in [-0.2, 0) is 11.3 Å². The van der Waals surface area contributed by atoms with E-state index in [1.54, 1.807) is 0 Å². The van der Waals surface area contributed by atoms with Crippen molar-refractivity contribution in [3.63, 3.8) is 0 Å². The summed E-state index contributed by atoms with van der Waals surface area (Å²) in [5.41, 5.74) is 2.28. The number of rotatable bonds is 5. The number of hydrogen-bond donors (Lipinski definition) is 1. The molecular formula is C17H22N2O. The molecule has 3 rings (SSSR count). The van der Waals surface area contributed by atoms with Gasteiger partial charge in [0.1, 0.15) is 0 Å². The number of pyridine rings is 1. The summed E-state index contributed by atoms with van der Waals surface area (Å²) < 4.78 is 5.87. The Morgan fingerprint density at radius 1 is 1.25 bits per heavy atom. The first-order valence-corrected chi connectivity index (χ1v) is 7.54. The molecule has 1 aliphatic heterocycles. The van der Waals surface area contributed by atoms with Crippen LogP contribution in [0.2, 0.25) is 0 Å². The van der Waals surface area contributed by atoms with E-state index in [0.29, 0.717) is 6.61 Å². The lowest BCUT2D eigenvalue weighted by molar-refractivity contribution is 0.104. The summed E-state index contributed by atoms with van der Waals surface area (Å²) in [6, 6.07) is 10.3. The number of benzene rings is 1. The molecule has 2 heterocycles. The SMILES string of the molecule is c1ccc2c(COCCC3CCCNC3)ccnc2c1. The monoisotopic (exact) mass is 270 g/mol. The fraction of sp³-hybridized carbons (Fsp3) is 0.471. The van der Waals surface area contributed by atoms with Gasteiger partial charge in [-0.1, -0.05) is 18.2 Å². The van der Waals surface area contributed by atoms with E-state index in [-0.39, 0.29) is 0 Å². The van der Waals surface area contributed by atoms with Crippen LogP contribution in [0.1, 0.15) is 24.8 Å². The highest BCUT2D eigenvalue weighted by Gasteiger charge is 2.12. The van der Waals surface area contributed by atoms with Gasteiger partial charge in [-0.05, 0) is 56.0 Å². The minimum atomic E-state index is 0.684. The van der Waals surface area contributed by atoms with E-state index in [4.69, 9.17) is 4.74 Å². The van der Waals surface area contributed by atoms with Crippen molar-refractivity contribution in [2.45, 2.75) is 25.9 Å². The highest BCUT2D eigenvalue weighted by molar-refractivity contribution is 5.81. The van der Waals surface area contributed by atoms with Crippen LogP contribution in [0, 0.1) is 5.92 Å². The molecule has 1 aromatic carbocycles. The molecule has 0 amide bonds. The van der Waals surface area contributed by atoms with Gasteiger partial charge in [0, 0.05) is 18.2 Å². The van der Waals surface area contributed by atoms with Crippen molar-refractivity contribution in [2.24, 2.45) is 5.92 Å². The molecule has 1 aliphatic rings. The van der Waals surface area contributed by atoms with E-state index in [2.05, 4.69) is 28.5 Å². The summed E-state index contributed by atoms with van der Waals surface area (Å²) in [6.07, 6.45) is 5.68. The van der Waals surface area contributed by atoms with Gasteiger partial charge in [0.05, 0.1) is 12.1 Å². The number of nitrogens with zero attached hydrogens (tertiary/aromatic N) is 1. The van der Waals surface area contributed by atoms with Crippen molar-refractivity contribution >= 4 is 10.9 Å². The van der Waals surface area contributed by atoms with Crippen molar-refractivity contribution in [3.8, 4) is 0 Å². The van der Waals surface area contributed by atoms with Crippen molar-refractivity contribution in [1.82, 2.24) is 10.3 Å². The number of aromatic nitrogens is 1. The van der Waals surface area contributed by atoms with Gasteiger partial charge >= 0.3 is 0 Å². The number of ether oxygens (including phenoxy) is 1. The highest BCUT2D eigenvalue weighted by atomic mass is 16.5. The quantitative estimate of drug-likeness (QED) is 0.848. The Morgan fingerprint density at radius 3 is 3.10 bits per heavy atom. The van der Waals surface area contributed by atoms with Gasteiger partial charge in [-0.2, -0.15) is 0 Å². The third-order valence-electron chi connectivity index (χ3n) is 4.07. The maximum Gasteiger partial charge on any atom is 0.0723 e. The Morgan fingerprint density at radius 2 is 2.20 bits per heavy atom. The summed E-state index contributed by atoms with van der Waals surface area (Å²) in [5, 5.41) is 4.66. The van der Waals surface area contributed by atoms with Crippen LogP contribution in [0.15, 0.2) is 36.5 Å². The van der Waals surface area contributed by atoms with Crippen molar-refractivity contribution < 1.29 is 4.74 Å². The largest absolute Gasteiger partial charge is 0.377 e. The zero-order valence-electron chi connectivity index (χ0n) is 11.8. The molecule has 1 unspecified atom stereocenters. The molecule has 2 aromatic rings. The Kier molecular flexibility index (Phi) is 4.61. The molecule has 1 fully saturated rings. The number of hydrogen-bond acceptors (Lipinski definition) is 3. The molecule has 0 aliphatic carbocycles. The molecule has 1 aromatic heterocycles. The van der Waals surface area contributed by atoms with E-state index in [1.165, 1.54) is 30.3 Å². The molecule has 0 saturated carbocycles. The predicted octanol–water partition coefficient (Wildman–Crippen LogP) is 3.14. The zero-order chi connectivity index (χ0) is 13.6. The first kappa shape index (κ1) is 13.5. The molecule has 3 heteroatoms. The van der Waals surface area contributed by atoms with Crippen molar-refractivity contribution in [2.75, 3.05) is 19.7 Å². The molecule has 0 radical (unpaired) electrons. The first-order valence-electron chi connectivity index (χ1n) is 7.54. The lowest BCUT2D eigenvalue weighted by atomic mass is 9.97. The van der Waals surface area contributed by atoms with Gasteiger partial charge in [-0.3, -0.25) is 4.98 Å². The third kappa shape index (κ3) is 3.35. The van der Waals surface area contributed by atoms with Gasteiger partial charge in [0.2, 0.25) is 0 Å². The number of piperidine rings is 1. The molecular weight excluding hydrogens is 248 g/mol. The molecule has 1 saturated heterocycles. The normalized spacial score (nSPS) is 19.3. The Balaban J connectivity index is 1.52. The maximum atomic E-state index is 5.87. The molecule has 0 bridgehead atoms. The minimum absolute atomic E-state index is 0.684. The molecule has 3 nitrogen and oxygen atoms in total. The smallest absolute Gasteiger partial charge is 0.0723 e. The van der Waals surface area contributed by atoms with E-state index in [0.717, 1.165) is 31.0 Å². The predicted molar refractivity (Wildman–Crippen MR) is 81.6 cm³/mol. The van der Waals surface area contributed by atoms with Crippen LogP contribution in [0.5, 0.6) is 0 Å². The average Bonchev–Trinajstić information content (AvgIpc) is 2.53. The summed E-state index contributed by atoms with van der Waals surface area (Å²) in [6.45, 7) is 3.87. The molecule has 1 N–H and O–H groups in total. The van der Waals surface area contributed by atoms with Crippen molar-refractivity contribution in [1.29, 1.82) is 0 Å². The van der Waals surface area contributed by atoms with Gasteiger partial charge < -0.3 is 10.1 Å². The van der Waals surface area contributed by atoms with Crippen LogP contribution in [-0.4, -0.2) is 24.7 Å². The summed E-state index contributed by atoms with van der Waals surface area (Å²) in [7, 11) is 0. The number of fused-ring (bicyclic) bond motifs is 1. The number of nitrogens with one attached hydrogen (secondary N) is 1. The Labute approximate surface area is 120 Å². The van der Waals surface area contributed by atoms with Gasteiger partial charge in [0.25, 0.3) is 0 Å². The third-order valence-corrected chi connectivity index (χ3v) is 4.07. The molecule has 20 heavy (non-hydrogen) atoms. The van der Waals surface area contributed by atoms with Crippen LogP contribution >= 0.6 is 0 Å². The minimum Gasteiger partial charge on any atom is -0.377 e. The van der Waals surface area contributed by atoms with Gasteiger partial charge in [-0.25, -0.2) is 0 Å². The summed E-state index contributed by atoms with van der Waals surface area (Å²) >= 11 is 0. The Hall–Kier alpha value is -1.45. The molecule has 1 atom stereocenters. The molecule has 0 spiro atoms. The van der Waals surface area contributed by atoms with E-state index in [1.807, 2.05) is 18.3 Å². The highest BCUT2D eigenvalue weighted by Crippen LogP contribution is 2.18. The lowest BCUT2D eigenvalue weighted by Crippen LogP contribution is -2.30. The summed E-state index contributed by atoms with van der Waals surface area (Å²) in [4.78, 5) is 4.38.